The number of likely N-dealkylation sites (N-methyl/N-ethyl adjacent to an activating group) is 1. The Morgan fingerprint density at radius 3 is 2.44 bits per heavy atom. The molecule has 0 aliphatic heterocycles. The molecule has 0 saturated heterocycles. The van der Waals surface area contributed by atoms with Crippen molar-refractivity contribution in [1.82, 2.24) is 15.5 Å². The lowest BCUT2D eigenvalue weighted by Crippen LogP contribution is -2.55. The standard InChI is InChI=1S/C22H31N3O2/c1-25(2)22(11-5-4-6-12-22)16-24-21(26)23-15-17-7-8-19-14-20(27-3)10-9-18(19)13-17/h7-10,13-14H,4-6,11-12,15-16H2,1-3H3,(H2,23,24,26). The number of amides is 2. The van der Waals surface area contributed by atoms with Gasteiger partial charge in [-0.25, -0.2) is 4.79 Å². The summed E-state index contributed by atoms with van der Waals surface area (Å²) in [6, 6.07) is 12.1. The van der Waals surface area contributed by atoms with E-state index in [1.54, 1.807) is 7.11 Å². The van der Waals surface area contributed by atoms with Gasteiger partial charge in [0.05, 0.1) is 7.11 Å². The molecule has 0 heterocycles. The highest BCUT2D eigenvalue weighted by Crippen LogP contribution is 2.31. The summed E-state index contributed by atoms with van der Waals surface area (Å²) in [5.41, 5.74) is 1.18. The summed E-state index contributed by atoms with van der Waals surface area (Å²) in [7, 11) is 5.91. The number of fused-ring (bicyclic) bond motifs is 1. The molecule has 5 heteroatoms. The van der Waals surface area contributed by atoms with Gasteiger partial charge in [0, 0.05) is 18.6 Å². The highest BCUT2D eigenvalue weighted by Gasteiger charge is 2.34. The van der Waals surface area contributed by atoms with Crippen LogP contribution >= 0.6 is 0 Å². The first-order valence-corrected chi connectivity index (χ1v) is 9.78. The van der Waals surface area contributed by atoms with Crippen LogP contribution in [0.4, 0.5) is 4.79 Å². The van der Waals surface area contributed by atoms with E-state index in [9.17, 15) is 4.79 Å². The maximum absolute atomic E-state index is 12.3. The van der Waals surface area contributed by atoms with Crippen molar-refractivity contribution in [3.05, 3.63) is 42.0 Å². The van der Waals surface area contributed by atoms with Gasteiger partial charge in [-0.05, 0) is 61.5 Å². The molecule has 5 nitrogen and oxygen atoms in total. The zero-order valence-corrected chi connectivity index (χ0v) is 16.7. The van der Waals surface area contributed by atoms with E-state index in [-0.39, 0.29) is 11.6 Å². The minimum absolute atomic E-state index is 0.0948. The number of urea groups is 1. The minimum Gasteiger partial charge on any atom is -0.497 e. The average Bonchev–Trinajstić information content (AvgIpc) is 2.70. The van der Waals surface area contributed by atoms with E-state index in [4.69, 9.17) is 4.74 Å². The quantitative estimate of drug-likeness (QED) is 0.812. The van der Waals surface area contributed by atoms with Crippen LogP contribution in [0.5, 0.6) is 5.75 Å². The molecule has 2 aromatic rings. The molecule has 3 rings (SSSR count). The van der Waals surface area contributed by atoms with Gasteiger partial charge in [0.25, 0.3) is 0 Å². The second kappa shape index (κ2) is 8.61. The average molecular weight is 370 g/mol. The maximum atomic E-state index is 12.3. The fraction of sp³-hybridized carbons (Fsp3) is 0.500. The van der Waals surface area contributed by atoms with Gasteiger partial charge in [-0.1, -0.05) is 37.5 Å². The van der Waals surface area contributed by atoms with Crippen molar-refractivity contribution in [2.24, 2.45) is 0 Å². The smallest absolute Gasteiger partial charge is 0.315 e. The highest BCUT2D eigenvalue weighted by atomic mass is 16.5. The van der Waals surface area contributed by atoms with Crippen LogP contribution in [0, 0.1) is 0 Å². The Hall–Kier alpha value is -2.27. The van der Waals surface area contributed by atoms with Gasteiger partial charge in [0.15, 0.2) is 0 Å². The van der Waals surface area contributed by atoms with Gasteiger partial charge in [0.2, 0.25) is 0 Å². The van der Waals surface area contributed by atoms with Crippen molar-refractivity contribution in [2.45, 2.75) is 44.2 Å². The van der Waals surface area contributed by atoms with E-state index in [1.165, 1.54) is 19.3 Å². The fourth-order valence-electron chi connectivity index (χ4n) is 3.99. The monoisotopic (exact) mass is 369 g/mol. The largest absolute Gasteiger partial charge is 0.497 e. The molecule has 27 heavy (non-hydrogen) atoms. The Morgan fingerprint density at radius 1 is 1.04 bits per heavy atom. The summed E-state index contributed by atoms with van der Waals surface area (Å²) < 4.78 is 5.26. The molecule has 1 aliphatic rings. The minimum atomic E-state index is -0.100. The number of methoxy groups -OCH3 is 1. The summed E-state index contributed by atoms with van der Waals surface area (Å²) in [5, 5.41) is 8.35. The van der Waals surface area contributed by atoms with Crippen molar-refractivity contribution in [2.75, 3.05) is 27.7 Å². The molecule has 1 saturated carbocycles. The molecule has 2 aromatic carbocycles. The third kappa shape index (κ3) is 4.72. The van der Waals surface area contributed by atoms with Gasteiger partial charge < -0.3 is 20.3 Å². The summed E-state index contributed by atoms with van der Waals surface area (Å²) >= 11 is 0. The molecule has 0 unspecified atom stereocenters. The molecule has 0 aromatic heterocycles. The van der Waals surface area contributed by atoms with Crippen LogP contribution in [-0.2, 0) is 6.54 Å². The van der Waals surface area contributed by atoms with Crippen molar-refractivity contribution in [3.8, 4) is 5.75 Å². The van der Waals surface area contributed by atoms with Gasteiger partial charge in [-0.3, -0.25) is 0 Å². The number of carbonyl (C=O) groups excluding carboxylic acids is 1. The molecule has 2 amide bonds. The number of hydrogen-bond donors (Lipinski definition) is 2. The van der Waals surface area contributed by atoms with Crippen LogP contribution in [0.3, 0.4) is 0 Å². The Bertz CT molecular complexity index is 782. The second-order valence-corrected chi connectivity index (χ2v) is 7.76. The van der Waals surface area contributed by atoms with Crippen LogP contribution in [-0.4, -0.2) is 44.2 Å². The Labute approximate surface area is 162 Å². The maximum Gasteiger partial charge on any atom is 0.315 e. The first kappa shape index (κ1) is 19.5. The molecule has 0 spiro atoms. The Morgan fingerprint density at radius 2 is 1.74 bits per heavy atom. The molecule has 146 valence electrons. The van der Waals surface area contributed by atoms with E-state index in [0.29, 0.717) is 13.1 Å². The molecule has 1 fully saturated rings. The SMILES string of the molecule is COc1ccc2cc(CNC(=O)NCC3(N(C)C)CCCCC3)ccc2c1. The van der Waals surface area contributed by atoms with Crippen LogP contribution in [0.2, 0.25) is 0 Å². The highest BCUT2D eigenvalue weighted by molar-refractivity contribution is 5.84. The molecule has 1 aliphatic carbocycles. The van der Waals surface area contributed by atoms with Gasteiger partial charge in [-0.2, -0.15) is 0 Å². The molecule has 0 atom stereocenters. The van der Waals surface area contributed by atoms with E-state index in [1.807, 2.05) is 24.3 Å². The first-order valence-electron chi connectivity index (χ1n) is 9.78. The topological polar surface area (TPSA) is 53.6 Å². The first-order chi connectivity index (χ1) is 13.0. The van der Waals surface area contributed by atoms with E-state index in [0.717, 1.165) is 34.9 Å². The lowest BCUT2D eigenvalue weighted by molar-refractivity contribution is 0.101. The molecular weight excluding hydrogens is 338 g/mol. The number of ether oxygens (including phenoxy) is 1. The Kier molecular flexibility index (Phi) is 6.22. The molecule has 0 bridgehead atoms. The van der Waals surface area contributed by atoms with Crippen LogP contribution in [0.15, 0.2) is 36.4 Å². The third-order valence-corrected chi connectivity index (χ3v) is 5.88. The number of carbonyl (C=O) groups is 1. The fourth-order valence-corrected chi connectivity index (χ4v) is 3.99. The van der Waals surface area contributed by atoms with Gasteiger partial charge >= 0.3 is 6.03 Å². The number of nitrogens with one attached hydrogen (secondary N) is 2. The van der Waals surface area contributed by atoms with Crippen molar-refractivity contribution < 1.29 is 9.53 Å². The summed E-state index contributed by atoms with van der Waals surface area (Å²) in [6.45, 7) is 1.21. The number of benzene rings is 2. The van der Waals surface area contributed by atoms with E-state index < -0.39 is 0 Å². The lowest BCUT2D eigenvalue weighted by atomic mass is 9.80. The van der Waals surface area contributed by atoms with Crippen molar-refractivity contribution >= 4 is 16.8 Å². The van der Waals surface area contributed by atoms with Gasteiger partial charge in [-0.15, -0.1) is 0 Å². The zero-order valence-electron chi connectivity index (χ0n) is 16.7. The number of nitrogens with zero attached hydrogens (tertiary/aromatic N) is 1. The molecule has 0 radical (unpaired) electrons. The van der Waals surface area contributed by atoms with E-state index >= 15 is 0 Å². The van der Waals surface area contributed by atoms with Crippen molar-refractivity contribution in [3.63, 3.8) is 0 Å². The molecule has 2 N–H and O–H groups in total. The summed E-state index contributed by atoms with van der Waals surface area (Å²) in [5.74, 6) is 0.852. The predicted molar refractivity (Wildman–Crippen MR) is 110 cm³/mol. The second-order valence-electron chi connectivity index (χ2n) is 7.76. The van der Waals surface area contributed by atoms with Gasteiger partial charge in [0.1, 0.15) is 5.75 Å². The predicted octanol–water partition coefficient (Wildman–Crippen LogP) is 3.91. The number of rotatable bonds is 6. The lowest BCUT2D eigenvalue weighted by Gasteiger charge is -2.43. The zero-order chi connectivity index (χ0) is 19.3. The Balaban J connectivity index is 1.55. The van der Waals surface area contributed by atoms with E-state index in [2.05, 4.69) is 41.8 Å². The summed E-state index contributed by atoms with van der Waals surface area (Å²) in [6.07, 6.45) is 6.07. The van der Waals surface area contributed by atoms with Crippen LogP contribution in [0.25, 0.3) is 10.8 Å². The van der Waals surface area contributed by atoms with Crippen LogP contribution in [0.1, 0.15) is 37.7 Å². The third-order valence-electron chi connectivity index (χ3n) is 5.88. The van der Waals surface area contributed by atoms with Crippen LogP contribution < -0.4 is 15.4 Å². The van der Waals surface area contributed by atoms with Crippen molar-refractivity contribution in [1.29, 1.82) is 0 Å². The number of hydrogen-bond acceptors (Lipinski definition) is 3. The normalized spacial score (nSPS) is 16.3. The molecular formula is C22H31N3O2. The summed E-state index contributed by atoms with van der Waals surface area (Å²) in [4.78, 5) is 14.6.